The molecule has 0 N–H and O–H groups in total. The van der Waals surface area contributed by atoms with Crippen LogP contribution in [0, 0.1) is 0 Å². The molecular weight excluding hydrogens is 144 g/mol. The smallest absolute Gasteiger partial charge is 0.00455 e. The van der Waals surface area contributed by atoms with Crippen LogP contribution in [0.4, 0.5) is 0 Å². The molecule has 0 saturated heterocycles. The molecule has 0 bridgehead atoms. The van der Waals surface area contributed by atoms with Crippen LogP contribution in [-0.2, 0) is 0 Å². The van der Waals surface area contributed by atoms with Crippen molar-refractivity contribution in [1.82, 2.24) is 0 Å². The van der Waals surface area contributed by atoms with E-state index in [9.17, 15) is 0 Å². The minimum absolute atomic E-state index is 0.645. The van der Waals surface area contributed by atoms with E-state index in [0.29, 0.717) is 5.92 Å². The third kappa shape index (κ3) is 1.29. The van der Waals surface area contributed by atoms with Crippen molar-refractivity contribution in [2.75, 3.05) is 0 Å². The van der Waals surface area contributed by atoms with Crippen molar-refractivity contribution < 1.29 is 0 Å². The molecule has 0 amide bonds. The molecule has 1 aliphatic carbocycles. The van der Waals surface area contributed by atoms with Crippen molar-refractivity contribution in [1.29, 1.82) is 0 Å². The van der Waals surface area contributed by atoms with Gasteiger partial charge in [-0.3, -0.25) is 0 Å². The molecule has 0 nitrogen and oxygen atoms in total. The Morgan fingerprint density at radius 3 is 2.50 bits per heavy atom. The van der Waals surface area contributed by atoms with Gasteiger partial charge in [-0.15, -0.1) is 0 Å². The molecule has 1 aromatic rings. The monoisotopic (exact) mass is 158 g/mol. The molecule has 62 valence electrons. The maximum absolute atomic E-state index is 4.11. The van der Waals surface area contributed by atoms with Crippen LogP contribution in [0.5, 0.6) is 0 Å². The lowest BCUT2D eigenvalue weighted by Crippen LogP contribution is -1.92. The van der Waals surface area contributed by atoms with Gasteiger partial charge in [-0.1, -0.05) is 42.5 Å². The second-order valence-corrected chi connectivity index (χ2v) is 3.51. The Kier molecular flexibility index (Phi) is 1.99. The van der Waals surface area contributed by atoms with E-state index in [1.165, 1.54) is 30.4 Å². The maximum atomic E-state index is 4.11. The lowest BCUT2D eigenvalue weighted by atomic mass is 9.95. The van der Waals surface area contributed by atoms with Gasteiger partial charge in [0.05, 0.1) is 0 Å². The minimum atomic E-state index is 0.645. The van der Waals surface area contributed by atoms with Crippen LogP contribution in [0.15, 0.2) is 42.5 Å². The summed E-state index contributed by atoms with van der Waals surface area (Å²) in [6, 6.07) is 10.7. The highest BCUT2D eigenvalue weighted by atomic mass is 14.2. The van der Waals surface area contributed by atoms with Crippen molar-refractivity contribution in [3.63, 3.8) is 0 Å². The Labute approximate surface area is 73.9 Å². The van der Waals surface area contributed by atoms with Gasteiger partial charge in [-0.2, -0.15) is 0 Å². The normalized spacial score (nSPS) is 23.0. The van der Waals surface area contributed by atoms with Crippen LogP contribution in [0.3, 0.4) is 0 Å². The van der Waals surface area contributed by atoms with Crippen molar-refractivity contribution in [3.05, 3.63) is 48.0 Å². The fraction of sp³-hybridized carbons (Fsp3) is 0.333. The van der Waals surface area contributed by atoms with Gasteiger partial charge in [0.1, 0.15) is 0 Å². The SMILES string of the molecule is C=C1CCCC1c1ccccc1. The summed E-state index contributed by atoms with van der Waals surface area (Å²) in [7, 11) is 0. The van der Waals surface area contributed by atoms with E-state index in [1.54, 1.807) is 0 Å². The van der Waals surface area contributed by atoms with Gasteiger partial charge < -0.3 is 0 Å². The highest BCUT2D eigenvalue weighted by Crippen LogP contribution is 2.37. The molecule has 0 heteroatoms. The molecule has 0 radical (unpaired) electrons. The maximum Gasteiger partial charge on any atom is 0.00455 e. The molecule has 2 rings (SSSR count). The van der Waals surface area contributed by atoms with Crippen LogP contribution in [-0.4, -0.2) is 0 Å². The topological polar surface area (TPSA) is 0 Å². The largest absolute Gasteiger partial charge is 0.0992 e. The lowest BCUT2D eigenvalue weighted by molar-refractivity contribution is 0.793. The molecule has 1 saturated carbocycles. The first kappa shape index (κ1) is 7.60. The number of hydrogen-bond acceptors (Lipinski definition) is 0. The second-order valence-electron chi connectivity index (χ2n) is 3.51. The van der Waals surface area contributed by atoms with E-state index in [1.807, 2.05) is 0 Å². The van der Waals surface area contributed by atoms with Crippen LogP contribution in [0.2, 0.25) is 0 Å². The molecule has 0 heterocycles. The Hall–Kier alpha value is -1.04. The van der Waals surface area contributed by atoms with Gasteiger partial charge in [0.25, 0.3) is 0 Å². The summed E-state index contributed by atoms with van der Waals surface area (Å²) in [5.74, 6) is 0.645. The van der Waals surface area contributed by atoms with Crippen LogP contribution >= 0.6 is 0 Å². The summed E-state index contributed by atoms with van der Waals surface area (Å²) >= 11 is 0. The average Bonchev–Trinajstić information content (AvgIpc) is 2.53. The lowest BCUT2D eigenvalue weighted by Gasteiger charge is -2.10. The van der Waals surface area contributed by atoms with Crippen molar-refractivity contribution >= 4 is 0 Å². The van der Waals surface area contributed by atoms with E-state index in [0.717, 1.165) is 0 Å². The molecule has 1 fully saturated rings. The van der Waals surface area contributed by atoms with Crippen LogP contribution < -0.4 is 0 Å². The summed E-state index contributed by atoms with van der Waals surface area (Å²) in [5.41, 5.74) is 2.86. The first-order valence-corrected chi connectivity index (χ1v) is 4.60. The van der Waals surface area contributed by atoms with Gasteiger partial charge in [0.2, 0.25) is 0 Å². The zero-order chi connectivity index (χ0) is 8.39. The number of benzene rings is 1. The fourth-order valence-electron chi connectivity index (χ4n) is 2.00. The Morgan fingerprint density at radius 1 is 1.17 bits per heavy atom. The van der Waals surface area contributed by atoms with Gasteiger partial charge in [0, 0.05) is 5.92 Å². The van der Waals surface area contributed by atoms with Gasteiger partial charge in [0.15, 0.2) is 0 Å². The highest BCUT2D eigenvalue weighted by Gasteiger charge is 2.19. The first-order chi connectivity index (χ1) is 5.88. The quantitative estimate of drug-likeness (QED) is 0.549. The Balaban J connectivity index is 2.25. The molecule has 0 aliphatic heterocycles. The summed E-state index contributed by atoms with van der Waals surface area (Å²) in [6.07, 6.45) is 3.83. The molecular formula is C12H14. The van der Waals surface area contributed by atoms with Crippen molar-refractivity contribution in [3.8, 4) is 0 Å². The van der Waals surface area contributed by atoms with Crippen molar-refractivity contribution in [2.24, 2.45) is 0 Å². The first-order valence-electron chi connectivity index (χ1n) is 4.60. The fourth-order valence-corrected chi connectivity index (χ4v) is 2.00. The number of rotatable bonds is 1. The van der Waals surface area contributed by atoms with Gasteiger partial charge >= 0.3 is 0 Å². The predicted molar refractivity (Wildman–Crippen MR) is 52.2 cm³/mol. The predicted octanol–water partition coefficient (Wildman–Crippen LogP) is 3.51. The summed E-state index contributed by atoms with van der Waals surface area (Å²) in [5, 5.41) is 0. The third-order valence-electron chi connectivity index (χ3n) is 2.69. The molecule has 1 atom stereocenters. The molecule has 0 aromatic heterocycles. The van der Waals surface area contributed by atoms with Gasteiger partial charge in [-0.05, 0) is 24.8 Å². The van der Waals surface area contributed by atoms with Crippen LogP contribution in [0.25, 0.3) is 0 Å². The molecule has 1 aromatic carbocycles. The zero-order valence-corrected chi connectivity index (χ0v) is 7.29. The summed E-state index contributed by atoms with van der Waals surface area (Å²) in [6.45, 7) is 4.11. The van der Waals surface area contributed by atoms with E-state index in [-0.39, 0.29) is 0 Å². The Morgan fingerprint density at radius 2 is 1.92 bits per heavy atom. The number of allylic oxidation sites excluding steroid dienone is 1. The van der Waals surface area contributed by atoms with E-state index >= 15 is 0 Å². The van der Waals surface area contributed by atoms with Crippen molar-refractivity contribution in [2.45, 2.75) is 25.2 Å². The molecule has 0 spiro atoms. The average molecular weight is 158 g/mol. The number of hydrogen-bond donors (Lipinski definition) is 0. The molecule has 1 unspecified atom stereocenters. The minimum Gasteiger partial charge on any atom is -0.0992 e. The standard InChI is InChI=1S/C12H14/c1-10-6-5-9-12(10)11-7-3-2-4-8-11/h2-4,7-8,12H,1,5-6,9H2. The van der Waals surface area contributed by atoms with E-state index < -0.39 is 0 Å². The third-order valence-corrected chi connectivity index (χ3v) is 2.69. The second kappa shape index (κ2) is 3.14. The van der Waals surface area contributed by atoms with Crippen LogP contribution in [0.1, 0.15) is 30.7 Å². The van der Waals surface area contributed by atoms with E-state index in [4.69, 9.17) is 0 Å². The zero-order valence-electron chi connectivity index (χ0n) is 7.29. The summed E-state index contributed by atoms with van der Waals surface area (Å²) < 4.78 is 0. The molecule has 12 heavy (non-hydrogen) atoms. The van der Waals surface area contributed by atoms with Gasteiger partial charge in [-0.25, -0.2) is 0 Å². The summed E-state index contributed by atoms with van der Waals surface area (Å²) in [4.78, 5) is 0. The molecule has 1 aliphatic rings. The highest BCUT2D eigenvalue weighted by molar-refractivity contribution is 5.29. The van der Waals surface area contributed by atoms with E-state index in [2.05, 4.69) is 36.9 Å². The Bertz CT molecular complexity index is 271.